The largest absolute Gasteiger partial charge is 0.416 e. The van der Waals surface area contributed by atoms with Gasteiger partial charge in [-0.05, 0) is 35.8 Å². The molecule has 0 atom stereocenters. The van der Waals surface area contributed by atoms with Crippen molar-refractivity contribution in [1.82, 2.24) is 0 Å². The Kier molecular flexibility index (Phi) is 2.86. The number of halogens is 3. The molecule has 0 aromatic heterocycles. The molecule has 0 aliphatic rings. The van der Waals surface area contributed by atoms with Crippen LogP contribution in [0.25, 0.3) is 0 Å². The van der Waals surface area contributed by atoms with Gasteiger partial charge in [0.25, 0.3) is 0 Å². The summed E-state index contributed by atoms with van der Waals surface area (Å²) in [5.41, 5.74) is -0.558. The van der Waals surface area contributed by atoms with Crippen LogP contribution in [-0.2, 0) is 6.18 Å². The van der Waals surface area contributed by atoms with Gasteiger partial charge in [0.15, 0.2) is 0 Å². The molecule has 0 spiro atoms. The molecule has 1 rings (SSSR count). The predicted octanol–water partition coefficient (Wildman–Crippen LogP) is 3.76. The van der Waals surface area contributed by atoms with Crippen molar-refractivity contribution < 1.29 is 13.2 Å². The maximum Gasteiger partial charge on any atom is 0.416 e. The lowest BCUT2D eigenvalue weighted by Gasteiger charge is -2.26. The molecule has 0 fully saturated rings. The normalized spacial score (nSPS) is 14.1. The molecule has 0 heterocycles. The van der Waals surface area contributed by atoms with Crippen molar-refractivity contribution in [2.24, 2.45) is 0 Å². The molecular formula is C10H13F3S. The Labute approximate surface area is 83.4 Å². The quantitative estimate of drug-likeness (QED) is 0.678. The lowest BCUT2D eigenvalue weighted by Crippen LogP contribution is -2.05. The summed E-state index contributed by atoms with van der Waals surface area (Å²) in [4.78, 5) is 0.785. The van der Waals surface area contributed by atoms with Gasteiger partial charge in [-0.15, -0.1) is 0 Å². The van der Waals surface area contributed by atoms with E-state index in [0.717, 1.165) is 11.0 Å². The summed E-state index contributed by atoms with van der Waals surface area (Å²) in [5.74, 6) is 0. The molecule has 0 aliphatic heterocycles. The van der Waals surface area contributed by atoms with Gasteiger partial charge in [-0.3, -0.25) is 0 Å². The maximum atomic E-state index is 12.4. The van der Waals surface area contributed by atoms with E-state index in [2.05, 4.69) is 0 Å². The van der Waals surface area contributed by atoms with Crippen molar-refractivity contribution >= 4 is 10.0 Å². The first-order chi connectivity index (χ1) is 6.21. The topological polar surface area (TPSA) is 0 Å². The van der Waals surface area contributed by atoms with Gasteiger partial charge in [0.1, 0.15) is 0 Å². The number of rotatable bonds is 1. The molecule has 0 N–H and O–H groups in total. The fraction of sp³-hybridized carbons (Fsp3) is 0.400. The highest BCUT2D eigenvalue weighted by Crippen LogP contribution is 2.46. The molecule has 1 aromatic rings. The van der Waals surface area contributed by atoms with Crippen LogP contribution < -0.4 is 0 Å². The Hall–Kier alpha value is -0.640. The van der Waals surface area contributed by atoms with E-state index in [4.69, 9.17) is 0 Å². The second kappa shape index (κ2) is 3.50. The molecule has 0 unspecified atom stereocenters. The maximum absolute atomic E-state index is 12.4. The third-order valence-corrected chi connectivity index (χ3v) is 3.54. The van der Waals surface area contributed by atoms with Crippen molar-refractivity contribution in [3.63, 3.8) is 0 Å². The van der Waals surface area contributed by atoms with Gasteiger partial charge < -0.3 is 0 Å². The first-order valence-corrected chi connectivity index (χ1v) is 6.92. The minimum Gasteiger partial charge on any atom is -0.223 e. The summed E-state index contributed by atoms with van der Waals surface area (Å²) < 4.78 is 37.1. The van der Waals surface area contributed by atoms with E-state index in [0.29, 0.717) is 0 Å². The SMILES string of the molecule is CS(C)(C)c1cccc(C(F)(F)F)c1. The number of hydrogen-bond acceptors (Lipinski definition) is 0. The monoisotopic (exact) mass is 222 g/mol. The van der Waals surface area contributed by atoms with Crippen LogP contribution in [0.2, 0.25) is 0 Å². The van der Waals surface area contributed by atoms with Gasteiger partial charge in [0.2, 0.25) is 0 Å². The Bertz CT molecular complexity index is 294. The average molecular weight is 222 g/mol. The number of hydrogen-bond donors (Lipinski definition) is 0. The first-order valence-electron chi connectivity index (χ1n) is 4.07. The number of benzene rings is 1. The molecule has 0 saturated carbocycles. The molecule has 0 amide bonds. The highest BCUT2D eigenvalue weighted by molar-refractivity contribution is 8.32. The third kappa shape index (κ3) is 2.67. The van der Waals surface area contributed by atoms with E-state index >= 15 is 0 Å². The van der Waals surface area contributed by atoms with Crippen LogP contribution in [0.15, 0.2) is 29.2 Å². The van der Waals surface area contributed by atoms with E-state index in [1.807, 2.05) is 18.8 Å². The average Bonchev–Trinajstić information content (AvgIpc) is 2.01. The fourth-order valence-electron chi connectivity index (χ4n) is 1.05. The fourth-order valence-corrected chi connectivity index (χ4v) is 2.02. The summed E-state index contributed by atoms with van der Waals surface area (Å²) in [6.07, 6.45) is 1.69. The Morgan fingerprint density at radius 1 is 1.07 bits per heavy atom. The van der Waals surface area contributed by atoms with Crippen molar-refractivity contribution in [1.29, 1.82) is 0 Å². The molecule has 0 aliphatic carbocycles. The highest BCUT2D eigenvalue weighted by Gasteiger charge is 2.30. The Morgan fingerprint density at radius 2 is 1.64 bits per heavy atom. The minimum absolute atomic E-state index is 0.558. The van der Waals surface area contributed by atoms with E-state index in [1.54, 1.807) is 6.07 Å². The van der Waals surface area contributed by atoms with Crippen LogP contribution in [0.1, 0.15) is 5.56 Å². The first kappa shape index (κ1) is 11.4. The summed E-state index contributed by atoms with van der Waals surface area (Å²) in [6.45, 7) is 0. The van der Waals surface area contributed by atoms with Crippen LogP contribution in [0.5, 0.6) is 0 Å². The molecule has 0 nitrogen and oxygen atoms in total. The molecule has 4 heteroatoms. The van der Waals surface area contributed by atoms with E-state index < -0.39 is 21.8 Å². The van der Waals surface area contributed by atoms with Gasteiger partial charge in [0, 0.05) is 0 Å². The van der Waals surface area contributed by atoms with Crippen molar-refractivity contribution in [2.45, 2.75) is 11.1 Å². The van der Waals surface area contributed by atoms with Crippen LogP contribution in [0, 0.1) is 0 Å². The molecule has 0 radical (unpaired) electrons. The molecule has 0 saturated heterocycles. The highest BCUT2D eigenvalue weighted by atomic mass is 32.3. The molecular weight excluding hydrogens is 209 g/mol. The predicted molar refractivity (Wildman–Crippen MR) is 55.1 cm³/mol. The second-order valence-corrected chi connectivity index (χ2v) is 8.01. The standard InChI is InChI=1S/C10H13F3S/c1-14(2,3)9-6-4-5-8(7-9)10(11,12)13/h4-7H,1-3H3. The van der Waals surface area contributed by atoms with Gasteiger partial charge in [-0.2, -0.15) is 13.2 Å². The second-order valence-electron chi connectivity index (χ2n) is 3.86. The smallest absolute Gasteiger partial charge is 0.223 e. The van der Waals surface area contributed by atoms with Crippen LogP contribution in [-0.4, -0.2) is 18.8 Å². The molecule has 14 heavy (non-hydrogen) atoms. The van der Waals surface area contributed by atoms with E-state index in [1.165, 1.54) is 12.1 Å². The summed E-state index contributed by atoms with van der Waals surface area (Å²) in [7, 11) is -1.09. The zero-order valence-electron chi connectivity index (χ0n) is 8.35. The van der Waals surface area contributed by atoms with Crippen molar-refractivity contribution in [2.75, 3.05) is 18.8 Å². The summed E-state index contributed by atoms with van der Waals surface area (Å²) >= 11 is 0. The zero-order chi connectivity index (χ0) is 11.0. The molecule has 80 valence electrons. The van der Waals surface area contributed by atoms with E-state index in [9.17, 15) is 13.2 Å². The Morgan fingerprint density at radius 3 is 2.07 bits per heavy atom. The van der Waals surface area contributed by atoms with Gasteiger partial charge in [-0.25, -0.2) is 10.0 Å². The molecule has 0 bridgehead atoms. The van der Waals surface area contributed by atoms with E-state index in [-0.39, 0.29) is 0 Å². The van der Waals surface area contributed by atoms with Crippen LogP contribution >= 0.6 is 10.0 Å². The number of alkyl halides is 3. The van der Waals surface area contributed by atoms with Gasteiger partial charge in [-0.1, -0.05) is 12.1 Å². The van der Waals surface area contributed by atoms with Crippen LogP contribution in [0.3, 0.4) is 0 Å². The lowest BCUT2D eigenvalue weighted by molar-refractivity contribution is -0.137. The third-order valence-electron chi connectivity index (χ3n) is 1.87. The Balaban J connectivity index is 3.15. The van der Waals surface area contributed by atoms with Crippen molar-refractivity contribution in [3.05, 3.63) is 29.8 Å². The van der Waals surface area contributed by atoms with Crippen LogP contribution in [0.4, 0.5) is 13.2 Å². The summed E-state index contributed by atoms with van der Waals surface area (Å²) in [6, 6.07) is 5.57. The molecule has 1 aromatic carbocycles. The van der Waals surface area contributed by atoms with Gasteiger partial charge >= 0.3 is 6.18 Å². The minimum atomic E-state index is -4.24. The summed E-state index contributed by atoms with van der Waals surface area (Å²) in [5, 5.41) is 0. The van der Waals surface area contributed by atoms with Crippen molar-refractivity contribution in [3.8, 4) is 0 Å². The lowest BCUT2D eigenvalue weighted by atomic mass is 10.2. The zero-order valence-corrected chi connectivity index (χ0v) is 9.17. The van der Waals surface area contributed by atoms with Gasteiger partial charge in [0.05, 0.1) is 5.56 Å².